The van der Waals surface area contributed by atoms with E-state index < -0.39 is 5.97 Å². The molecule has 4 nitrogen and oxygen atoms in total. The van der Waals surface area contributed by atoms with Gasteiger partial charge in [0.2, 0.25) is 0 Å². The van der Waals surface area contributed by atoms with Gasteiger partial charge in [0.1, 0.15) is 5.82 Å². The summed E-state index contributed by atoms with van der Waals surface area (Å²) in [4.78, 5) is 15.2. The molecule has 0 radical (unpaired) electrons. The van der Waals surface area contributed by atoms with Crippen LogP contribution in [0, 0.1) is 0 Å². The number of carbonyl (C=O) groups is 1. The third-order valence-electron chi connectivity index (χ3n) is 2.85. The maximum atomic E-state index is 10.7. The third kappa shape index (κ3) is 2.16. The normalized spacial score (nSPS) is 11.3. The van der Waals surface area contributed by atoms with Crippen LogP contribution in [0.5, 0.6) is 0 Å². The van der Waals surface area contributed by atoms with Crippen LogP contribution < -0.4 is 0 Å². The minimum absolute atomic E-state index is 0.0452. The standard InChI is InChI=1S/C13H16N2O2/c1-8(2)13-14-10-6-9(7-12(16)17)4-5-11(10)15(13)3/h4-6,8H,7H2,1-3H3,(H,16,17). The predicted octanol–water partition coefficient (Wildman–Crippen LogP) is 2.32. The van der Waals surface area contributed by atoms with Gasteiger partial charge in [-0.05, 0) is 17.7 Å². The molecule has 0 atom stereocenters. The van der Waals surface area contributed by atoms with Gasteiger partial charge < -0.3 is 9.67 Å². The summed E-state index contributed by atoms with van der Waals surface area (Å²) in [5.74, 6) is 0.562. The first-order valence-corrected chi connectivity index (χ1v) is 5.66. The van der Waals surface area contributed by atoms with Gasteiger partial charge in [0, 0.05) is 13.0 Å². The van der Waals surface area contributed by atoms with E-state index >= 15 is 0 Å². The zero-order valence-electron chi connectivity index (χ0n) is 10.3. The van der Waals surface area contributed by atoms with Crippen molar-refractivity contribution in [2.24, 2.45) is 7.05 Å². The van der Waals surface area contributed by atoms with Crippen LogP contribution in [0.15, 0.2) is 18.2 Å². The molecule has 1 aromatic heterocycles. The number of aliphatic carboxylic acids is 1. The average Bonchev–Trinajstić information content (AvgIpc) is 2.55. The second-order valence-corrected chi connectivity index (χ2v) is 4.58. The summed E-state index contributed by atoms with van der Waals surface area (Å²) in [6.07, 6.45) is 0.0452. The molecule has 4 heteroatoms. The van der Waals surface area contributed by atoms with Gasteiger partial charge in [0.15, 0.2) is 0 Å². The summed E-state index contributed by atoms with van der Waals surface area (Å²) < 4.78 is 2.06. The van der Waals surface area contributed by atoms with Crippen LogP contribution in [0.4, 0.5) is 0 Å². The van der Waals surface area contributed by atoms with Crippen molar-refractivity contribution in [3.8, 4) is 0 Å². The molecular weight excluding hydrogens is 216 g/mol. The Balaban J connectivity index is 2.51. The SMILES string of the molecule is CC(C)c1nc2cc(CC(=O)O)ccc2n1C. The lowest BCUT2D eigenvalue weighted by atomic mass is 10.1. The number of nitrogens with zero attached hydrogens (tertiary/aromatic N) is 2. The summed E-state index contributed by atoms with van der Waals surface area (Å²) in [5.41, 5.74) is 2.70. The van der Waals surface area contributed by atoms with E-state index in [1.807, 2.05) is 25.2 Å². The first kappa shape index (κ1) is 11.6. The molecule has 0 aliphatic rings. The molecular formula is C13H16N2O2. The van der Waals surface area contributed by atoms with E-state index in [1.54, 1.807) is 0 Å². The summed E-state index contributed by atoms with van der Waals surface area (Å²) in [6.45, 7) is 4.19. The Labute approximate surface area is 99.9 Å². The molecule has 90 valence electrons. The number of aromatic nitrogens is 2. The topological polar surface area (TPSA) is 55.1 Å². The van der Waals surface area contributed by atoms with E-state index in [2.05, 4.69) is 23.4 Å². The van der Waals surface area contributed by atoms with Crippen molar-refractivity contribution in [2.75, 3.05) is 0 Å². The van der Waals surface area contributed by atoms with Crippen LogP contribution >= 0.6 is 0 Å². The van der Waals surface area contributed by atoms with E-state index in [4.69, 9.17) is 5.11 Å². The molecule has 0 amide bonds. The van der Waals surface area contributed by atoms with Crippen molar-refractivity contribution in [2.45, 2.75) is 26.2 Å². The van der Waals surface area contributed by atoms with Crippen molar-refractivity contribution in [1.29, 1.82) is 0 Å². The fraction of sp³-hybridized carbons (Fsp3) is 0.385. The maximum absolute atomic E-state index is 10.7. The van der Waals surface area contributed by atoms with Crippen LogP contribution in [0.2, 0.25) is 0 Å². The van der Waals surface area contributed by atoms with Gasteiger partial charge in [-0.1, -0.05) is 19.9 Å². The lowest BCUT2D eigenvalue weighted by Gasteiger charge is -2.04. The van der Waals surface area contributed by atoms with Crippen molar-refractivity contribution < 1.29 is 9.90 Å². The number of benzene rings is 1. The molecule has 0 spiro atoms. The van der Waals surface area contributed by atoms with Crippen molar-refractivity contribution in [1.82, 2.24) is 9.55 Å². The van der Waals surface area contributed by atoms with Gasteiger partial charge in [-0.25, -0.2) is 4.98 Å². The molecule has 0 bridgehead atoms. The maximum Gasteiger partial charge on any atom is 0.307 e. The highest BCUT2D eigenvalue weighted by Gasteiger charge is 2.11. The molecule has 0 fully saturated rings. The molecule has 17 heavy (non-hydrogen) atoms. The van der Waals surface area contributed by atoms with Gasteiger partial charge >= 0.3 is 5.97 Å². The molecule has 0 aliphatic carbocycles. The van der Waals surface area contributed by atoms with E-state index in [9.17, 15) is 4.79 Å². The lowest BCUT2D eigenvalue weighted by Crippen LogP contribution is -2.00. The zero-order valence-corrected chi connectivity index (χ0v) is 10.3. The third-order valence-corrected chi connectivity index (χ3v) is 2.85. The average molecular weight is 232 g/mol. The molecule has 0 unspecified atom stereocenters. The number of fused-ring (bicyclic) bond motifs is 1. The summed E-state index contributed by atoms with van der Waals surface area (Å²) in [5, 5.41) is 8.76. The molecule has 1 aromatic carbocycles. The minimum atomic E-state index is -0.815. The van der Waals surface area contributed by atoms with Crippen molar-refractivity contribution in [3.63, 3.8) is 0 Å². The highest BCUT2D eigenvalue weighted by atomic mass is 16.4. The summed E-state index contributed by atoms with van der Waals surface area (Å²) in [7, 11) is 1.99. The van der Waals surface area contributed by atoms with E-state index in [0.29, 0.717) is 5.92 Å². The molecule has 0 saturated carbocycles. The Bertz CT molecular complexity index is 570. The molecule has 0 aliphatic heterocycles. The Morgan fingerprint density at radius 3 is 2.76 bits per heavy atom. The Hall–Kier alpha value is -1.84. The quantitative estimate of drug-likeness (QED) is 0.883. The van der Waals surface area contributed by atoms with Crippen LogP contribution in [0.1, 0.15) is 31.2 Å². The molecule has 2 rings (SSSR count). The van der Waals surface area contributed by atoms with E-state index in [0.717, 1.165) is 22.4 Å². The van der Waals surface area contributed by atoms with Gasteiger partial charge in [0.05, 0.1) is 17.5 Å². The van der Waals surface area contributed by atoms with Crippen molar-refractivity contribution in [3.05, 3.63) is 29.6 Å². The van der Waals surface area contributed by atoms with Gasteiger partial charge in [0.25, 0.3) is 0 Å². The minimum Gasteiger partial charge on any atom is -0.481 e. The van der Waals surface area contributed by atoms with Gasteiger partial charge in [-0.15, -0.1) is 0 Å². The molecule has 1 heterocycles. The smallest absolute Gasteiger partial charge is 0.307 e. The molecule has 0 saturated heterocycles. The summed E-state index contributed by atoms with van der Waals surface area (Å²) >= 11 is 0. The fourth-order valence-corrected chi connectivity index (χ4v) is 2.06. The lowest BCUT2D eigenvalue weighted by molar-refractivity contribution is -0.136. The molecule has 1 N–H and O–H groups in total. The molecule has 2 aromatic rings. The van der Waals surface area contributed by atoms with Crippen LogP contribution in [-0.2, 0) is 18.3 Å². The Kier molecular flexibility index (Phi) is 2.88. The van der Waals surface area contributed by atoms with Crippen molar-refractivity contribution >= 4 is 17.0 Å². The number of imidazole rings is 1. The van der Waals surface area contributed by atoms with Crippen LogP contribution in [0.3, 0.4) is 0 Å². The largest absolute Gasteiger partial charge is 0.481 e. The number of hydrogen-bond donors (Lipinski definition) is 1. The fourth-order valence-electron chi connectivity index (χ4n) is 2.06. The van der Waals surface area contributed by atoms with Crippen LogP contribution in [0.25, 0.3) is 11.0 Å². The zero-order chi connectivity index (χ0) is 12.6. The Morgan fingerprint density at radius 1 is 1.47 bits per heavy atom. The Morgan fingerprint density at radius 2 is 2.18 bits per heavy atom. The van der Waals surface area contributed by atoms with E-state index in [1.165, 1.54) is 0 Å². The highest BCUT2D eigenvalue weighted by molar-refractivity contribution is 5.79. The van der Waals surface area contributed by atoms with Gasteiger partial charge in [-0.3, -0.25) is 4.79 Å². The number of hydrogen-bond acceptors (Lipinski definition) is 2. The highest BCUT2D eigenvalue weighted by Crippen LogP contribution is 2.21. The summed E-state index contributed by atoms with van der Waals surface area (Å²) in [6, 6.07) is 5.64. The predicted molar refractivity (Wildman–Crippen MR) is 66.1 cm³/mol. The monoisotopic (exact) mass is 232 g/mol. The first-order valence-electron chi connectivity index (χ1n) is 5.66. The number of carboxylic acids is 1. The first-order chi connectivity index (χ1) is 7.99. The number of rotatable bonds is 3. The number of aryl methyl sites for hydroxylation is 1. The number of carboxylic acid groups (broad SMARTS) is 1. The second kappa shape index (κ2) is 4.20. The van der Waals surface area contributed by atoms with Crippen LogP contribution in [-0.4, -0.2) is 20.6 Å². The van der Waals surface area contributed by atoms with Gasteiger partial charge in [-0.2, -0.15) is 0 Å². The van der Waals surface area contributed by atoms with E-state index in [-0.39, 0.29) is 6.42 Å². The second-order valence-electron chi connectivity index (χ2n) is 4.58.